The SMILES string of the molecule is C=C1/C=C\C=C2/Cc3c(cc(N(c4ccc(-c5ccc([Si](c6ccccc6)(c6ccccc6)c6ccccc6)cc5)nc4)c4ccc5ccccc5c4)cc3C2(C)C)/C=C\1. The minimum atomic E-state index is -2.62. The lowest BCUT2D eigenvalue weighted by molar-refractivity contribution is 0.644. The second-order valence-electron chi connectivity index (χ2n) is 16.5. The normalized spacial score (nSPS) is 16.2. The Labute approximate surface area is 354 Å². The van der Waals surface area contributed by atoms with Crippen LogP contribution in [0.2, 0.25) is 0 Å². The number of allylic oxidation sites excluding steroid dienone is 6. The van der Waals surface area contributed by atoms with Gasteiger partial charge in [-0.1, -0.05) is 202 Å². The summed E-state index contributed by atoms with van der Waals surface area (Å²) >= 11 is 0. The number of nitrogens with zero attached hydrogens (tertiary/aromatic N) is 2. The molecule has 0 N–H and O–H groups in total. The molecule has 2 aliphatic carbocycles. The molecule has 7 aromatic carbocycles. The van der Waals surface area contributed by atoms with Crippen molar-refractivity contribution in [3.05, 3.63) is 247 Å². The van der Waals surface area contributed by atoms with Gasteiger partial charge in [-0.2, -0.15) is 0 Å². The number of pyridine rings is 1. The summed E-state index contributed by atoms with van der Waals surface area (Å²) in [5, 5.41) is 7.84. The van der Waals surface area contributed by atoms with E-state index in [-0.39, 0.29) is 5.41 Å². The molecule has 0 radical (unpaired) electrons. The predicted octanol–water partition coefficient (Wildman–Crippen LogP) is 11.6. The van der Waals surface area contributed by atoms with Crippen LogP contribution in [0.4, 0.5) is 17.1 Å². The van der Waals surface area contributed by atoms with Crippen molar-refractivity contribution in [3.8, 4) is 11.3 Å². The summed E-state index contributed by atoms with van der Waals surface area (Å²) < 4.78 is 0. The van der Waals surface area contributed by atoms with Crippen LogP contribution in [0.15, 0.2) is 230 Å². The Hall–Kier alpha value is -7.07. The summed E-state index contributed by atoms with van der Waals surface area (Å²) in [5.74, 6) is 0. The molecule has 288 valence electrons. The first-order chi connectivity index (χ1) is 29.4. The van der Waals surface area contributed by atoms with E-state index in [0.717, 1.165) is 40.3 Å². The highest BCUT2D eigenvalue weighted by molar-refractivity contribution is 7.19. The van der Waals surface area contributed by atoms with Crippen LogP contribution in [-0.2, 0) is 11.8 Å². The lowest BCUT2D eigenvalue weighted by Gasteiger charge is -2.34. The van der Waals surface area contributed by atoms with Crippen LogP contribution in [0.3, 0.4) is 0 Å². The number of benzene rings is 7. The average Bonchev–Trinajstić information content (AvgIpc) is 3.55. The van der Waals surface area contributed by atoms with E-state index in [4.69, 9.17) is 4.98 Å². The molecule has 60 heavy (non-hydrogen) atoms. The van der Waals surface area contributed by atoms with Gasteiger partial charge >= 0.3 is 0 Å². The minimum Gasteiger partial charge on any atom is -0.309 e. The third kappa shape index (κ3) is 6.48. The topological polar surface area (TPSA) is 16.1 Å². The summed E-state index contributed by atoms with van der Waals surface area (Å²) in [6.45, 7) is 9.01. The minimum absolute atomic E-state index is 0.116. The maximum absolute atomic E-state index is 5.19. The van der Waals surface area contributed by atoms with Gasteiger partial charge < -0.3 is 4.90 Å². The maximum Gasteiger partial charge on any atom is 0.179 e. The zero-order valence-electron chi connectivity index (χ0n) is 34.1. The molecule has 0 spiro atoms. The average molecular weight is 787 g/mol. The van der Waals surface area contributed by atoms with Gasteiger partial charge in [-0.15, -0.1) is 0 Å². The Morgan fingerprint density at radius 3 is 1.78 bits per heavy atom. The summed E-state index contributed by atoms with van der Waals surface area (Å²) in [6.07, 6.45) is 13.9. The standard InChI is InChI=1S/C57H46N2Si/c1-41-16-15-19-46-38-54-45(27-26-41)37-49(39-55(54)57(46,2)3)59(47-31-28-42-17-13-14-18-44(42)36-47)48-32-35-56(58-40-48)43-29-33-53(34-30-43)60(50-20-7-4-8-21-50,51-22-9-5-10-23-51)52-24-11-6-12-25-52/h4-37,39-40H,1,38H2,2-3H3/b16-15-,27-26-,46-19+. The molecule has 0 fully saturated rings. The molecule has 0 amide bonds. The first-order valence-corrected chi connectivity index (χ1v) is 22.8. The van der Waals surface area contributed by atoms with Gasteiger partial charge in [0.1, 0.15) is 0 Å². The molecule has 0 saturated carbocycles. The Bertz CT molecular complexity index is 2860. The molecule has 8 aromatic rings. The van der Waals surface area contributed by atoms with E-state index in [9.17, 15) is 0 Å². The van der Waals surface area contributed by atoms with Crippen LogP contribution >= 0.6 is 0 Å². The monoisotopic (exact) mass is 786 g/mol. The first kappa shape index (κ1) is 37.2. The fourth-order valence-electron chi connectivity index (χ4n) is 9.51. The van der Waals surface area contributed by atoms with Crippen molar-refractivity contribution >= 4 is 62.7 Å². The quantitative estimate of drug-likeness (QED) is 0.113. The molecule has 2 aliphatic rings. The third-order valence-electron chi connectivity index (χ3n) is 12.7. The molecule has 0 saturated heterocycles. The molecule has 2 bridgehead atoms. The lowest BCUT2D eigenvalue weighted by atomic mass is 9.82. The largest absolute Gasteiger partial charge is 0.309 e. The second-order valence-corrected chi connectivity index (χ2v) is 20.3. The Balaban J connectivity index is 1.08. The molecular weight excluding hydrogens is 741 g/mol. The van der Waals surface area contributed by atoms with Crippen LogP contribution in [0.5, 0.6) is 0 Å². The molecular formula is C57H46N2Si. The van der Waals surface area contributed by atoms with Gasteiger partial charge in [-0.05, 0) is 96.6 Å². The number of anilines is 3. The Morgan fingerprint density at radius 1 is 0.550 bits per heavy atom. The highest BCUT2D eigenvalue weighted by Crippen LogP contribution is 2.48. The zero-order chi connectivity index (χ0) is 40.7. The number of fused-ring (bicyclic) bond motifs is 2. The van der Waals surface area contributed by atoms with Gasteiger partial charge in [-0.3, -0.25) is 4.98 Å². The molecule has 2 nitrogen and oxygen atoms in total. The van der Waals surface area contributed by atoms with Crippen LogP contribution in [0, 0.1) is 0 Å². The van der Waals surface area contributed by atoms with Crippen molar-refractivity contribution in [3.63, 3.8) is 0 Å². The summed E-state index contributed by atoms with van der Waals surface area (Å²) in [5.41, 5.74) is 11.5. The second kappa shape index (κ2) is 15.3. The zero-order valence-corrected chi connectivity index (χ0v) is 35.1. The Morgan fingerprint density at radius 2 is 1.15 bits per heavy atom. The smallest absolute Gasteiger partial charge is 0.179 e. The van der Waals surface area contributed by atoms with E-state index in [1.807, 2.05) is 6.20 Å². The molecule has 0 unspecified atom stereocenters. The van der Waals surface area contributed by atoms with E-state index in [0.29, 0.717) is 0 Å². The molecule has 1 aromatic heterocycles. The van der Waals surface area contributed by atoms with Crippen molar-refractivity contribution in [1.82, 2.24) is 4.98 Å². The van der Waals surface area contributed by atoms with Gasteiger partial charge in [0.15, 0.2) is 8.07 Å². The third-order valence-corrected chi connectivity index (χ3v) is 17.5. The number of hydrogen-bond acceptors (Lipinski definition) is 2. The van der Waals surface area contributed by atoms with Crippen molar-refractivity contribution in [2.24, 2.45) is 0 Å². The first-order valence-electron chi connectivity index (χ1n) is 20.8. The van der Waals surface area contributed by atoms with Crippen molar-refractivity contribution in [2.75, 3.05) is 4.90 Å². The number of rotatable bonds is 8. The van der Waals surface area contributed by atoms with E-state index in [1.165, 1.54) is 53.8 Å². The number of aromatic nitrogens is 1. The van der Waals surface area contributed by atoms with Gasteiger partial charge in [0, 0.05) is 22.4 Å². The van der Waals surface area contributed by atoms with E-state index < -0.39 is 8.07 Å². The molecule has 3 heteroatoms. The lowest BCUT2D eigenvalue weighted by Crippen LogP contribution is -2.74. The van der Waals surface area contributed by atoms with E-state index in [1.54, 1.807) is 0 Å². The van der Waals surface area contributed by atoms with Gasteiger partial charge in [0.2, 0.25) is 0 Å². The predicted molar refractivity (Wildman–Crippen MR) is 258 cm³/mol. The van der Waals surface area contributed by atoms with Crippen molar-refractivity contribution in [2.45, 2.75) is 25.7 Å². The van der Waals surface area contributed by atoms with Crippen LogP contribution in [-0.4, -0.2) is 13.1 Å². The van der Waals surface area contributed by atoms with Crippen LogP contribution in [0.25, 0.3) is 28.1 Å². The van der Waals surface area contributed by atoms with Crippen molar-refractivity contribution < 1.29 is 0 Å². The highest BCUT2D eigenvalue weighted by Gasteiger charge is 2.41. The highest BCUT2D eigenvalue weighted by atomic mass is 28.3. The molecule has 0 atom stereocenters. The van der Waals surface area contributed by atoms with E-state index in [2.05, 4.69) is 238 Å². The Kier molecular flexibility index (Phi) is 9.47. The van der Waals surface area contributed by atoms with Crippen LogP contribution in [0.1, 0.15) is 30.5 Å². The van der Waals surface area contributed by atoms with Gasteiger partial charge in [0.05, 0.1) is 17.6 Å². The molecule has 0 aliphatic heterocycles. The van der Waals surface area contributed by atoms with Crippen LogP contribution < -0.4 is 25.6 Å². The fraction of sp³-hybridized carbons (Fsp3) is 0.0702. The fourth-order valence-corrected chi connectivity index (χ4v) is 14.3. The number of hydrogen-bond donors (Lipinski definition) is 0. The van der Waals surface area contributed by atoms with Gasteiger partial charge in [-0.25, -0.2) is 0 Å². The summed E-state index contributed by atoms with van der Waals surface area (Å²) in [6, 6.07) is 66.9. The van der Waals surface area contributed by atoms with Crippen molar-refractivity contribution in [1.29, 1.82) is 0 Å². The summed E-state index contributed by atoms with van der Waals surface area (Å²) in [4.78, 5) is 7.56. The molecule has 10 rings (SSSR count). The molecule has 1 heterocycles. The van der Waals surface area contributed by atoms with Gasteiger partial charge in [0.25, 0.3) is 0 Å². The van der Waals surface area contributed by atoms with E-state index >= 15 is 0 Å². The maximum atomic E-state index is 5.19. The summed E-state index contributed by atoms with van der Waals surface area (Å²) in [7, 11) is -2.62.